The summed E-state index contributed by atoms with van der Waals surface area (Å²) < 4.78 is 26.2. The number of nitrogens with two attached hydrogens (primary N) is 1. The van der Waals surface area contributed by atoms with Gasteiger partial charge in [-0.3, -0.25) is 14.9 Å². The number of rotatable bonds is 9. The minimum absolute atomic E-state index is 0. The number of halogens is 1. The molecular formula is C13H21ClN4O5S. The van der Waals surface area contributed by atoms with Crippen LogP contribution in [-0.4, -0.2) is 38.4 Å². The Morgan fingerprint density at radius 2 is 1.88 bits per heavy atom. The van der Waals surface area contributed by atoms with Crippen molar-refractivity contribution in [3.63, 3.8) is 0 Å². The molecule has 0 saturated heterocycles. The Labute approximate surface area is 146 Å². The molecule has 1 aromatic carbocycles. The van der Waals surface area contributed by atoms with Crippen LogP contribution in [0, 0.1) is 10.1 Å². The highest BCUT2D eigenvalue weighted by atomic mass is 35.5. The van der Waals surface area contributed by atoms with Gasteiger partial charge in [0.05, 0.1) is 9.82 Å². The number of nitro groups is 1. The molecule has 9 nitrogen and oxygen atoms in total. The number of carbonyl (C=O) groups excluding carboxylic acids is 1. The van der Waals surface area contributed by atoms with E-state index < -0.39 is 14.9 Å². The Morgan fingerprint density at radius 3 is 2.38 bits per heavy atom. The maximum Gasteiger partial charge on any atom is 0.269 e. The maximum atomic E-state index is 12.0. The first kappa shape index (κ1) is 22.2. The minimum atomic E-state index is -3.77. The first-order chi connectivity index (χ1) is 10.7. The standard InChI is InChI=1S/C13H20N4O5S.ClH/c1-10(14)2-7-13(18)15-8-9-16-23(21,22)12-5-3-11(4-6-12)17(19)20;/h3-6,10,16H,2,7-9,14H2,1H3,(H,15,18);1H. The van der Waals surface area contributed by atoms with Crippen molar-refractivity contribution < 1.29 is 18.1 Å². The van der Waals surface area contributed by atoms with Gasteiger partial charge in [0.15, 0.2) is 0 Å². The fraction of sp³-hybridized carbons (Fsp3) is 0.462. The second-order valence-electron chi connectivity index (χ2n) is 5.01. The number of nitrogens with one attached hydrogen (secondary N) is 2. The molecule has 136 valence electrons. The third-order valence-electron chi connectivity index (χ3n) is 2.92. The lowest BCUT2D eigenvalue weighted by Gasteiger charge is -2.09. The first-order valence-corrected chi connectivity index (χ1v) is 8.47. The van der Waals surface area contributed by atoms with Crippen molar-refractivity contribution in [2.75, 3.05) is 13.1 Å². The molecule has 1 unspecified atom stereocenters. The van der Waals surface area contributed by atoms with Crippen LogP contribution in [0.1, 0.15) is 19.8 Å². The number of hydrogen-bond donors (Lipinski definition) is 3. The molecular weight excluding hydrogens is 360 g/mol. The number of sulfonamides is 1. The van der Waals surface area contributed by atoms with Crippen LogP contribution < -0.4 is 15.8 Å². The summed E-state index contributed by atoms with van der Waals surface area (Å²) in [6, 6.07) is 4.47. The van der Waals surface area contributed by atoms with Gasteiger partial charge in [0.25, 0.3) is 5.69 Å². The largest absolute Gasteiger partial charge is 0.355 e. The molecule has 1 rings (SSSR count). The summed E-state index contributed by atoms with van der Waals surface area (Å²) in [5, 5.41) is 13.1. The quantitative estimate of drug-likeness (QED) is 0.324. The van der Waals surface area contributed by atoms with Gasteiger partial charge >= 0.3 is 0 Å². The van der Waals surface area contributed by atoms with Crippen LogP contribution in [-0.2, 0) is 14.8 Å². The van der Waals surface area contributed by atoms with Crippen LogP contribution in [0.2, 0.25) is 0 Å². The first-order valence-electron chi connectivity index (χ1n) is 6.99. The molecule has 1 aromatic rings. The molecule has 0 bridgehead atoms. The SMILES string of the molecule is CC(N)CCC(=O)NCCNS(=O)(=O)c1ccc([N+](=O)[O-])cc1.Cl. The van der Waals surface area contributed by atoms with Gasteiger partial charge in [-0.25, -0.2) is 13.1 Å². The predicted molar refractivity (Wildman–Crippen MR) is 91.4 cm³/mol. The molecule has 24 heavy (non-hydrogen) atoms. The van der Waals surface area contributed by atoms with E-state index >= 15 is 0 Å². The summed E-state index contributed by atoms with van der Waals surface area (Å²) in [6.07, 6.45) is 0.840. The van der Waals surface area contributed by atoms with E-state index in [0.29, 0.717) is 6.42 Å². The lowest BCUT2D eigenvalue weighted by Crippen LogP contribution is -2.35. The number of non-ortho nitro benzene ring substituents is 1. The maximum absolute atomic E-state index is 12.0. The molecule has 0 aliphatic carbocycles. The van der Waals surface area contributed by atoms with E-state index in [-0.39, 0.29) is 54.4 Å². The number of amides is 1. The van der Waals surface area contributed by atoms with Gasteiger partial charge in [-0.2, -0.15) is 0 Å². The van der Waals surface area contributed by atoms with Gasteiger partial charge in [0.2, 0.25) is 15.9 Å². The summed E-state index contributed by atoms with van der Waals surface area (Å²) >= 11 is 0. The lowest BCUT2D eigenvalue weighted by molar-refractivity contribution is -0.384. The zero-order chi connectivity index (χ0) is 17.5. The molecule has 0 radical (unpaired) electrons. The van der Waals surface area contributed by atoms with Gasteiger partial charge in [-0.1, -0.05) is 0 Å². The van der Waals surface area contributed by atoms with Crippen LogP contribution in [0.4, 0.5) is 5.69 Å². The molecule has 1 atom stereocenters. The molecule has 1 amide bonds. The minimum Gasteiger partial charge on any atom is -0.355 e. The number of nitrogens with zero attached hydrogens (tertiary/aromatic N) is 1. The van der Waals surface area contributed by atoms with Crippen molar-refractivity contribution in [2.24, 2.45) is 5.73 Å². The molecule has 4 N–H and O–H groups in total. The Hall–Kier alpha value is -1.75. The van der Waals surface area contributed by atoms with Crippen LogP contribution in [0.5, 0.6) is 0 Å². The van der Waals surface area contributed by atoms with Gasteiger partial charge in [0, 0.05) is 37.7 Å². The Balaban J connectivity index is 0.00000529. The fourth-order valence-electron chi connectivity index (χ4n) is 1.66. The normalized spacial score (nSPS) is 12.1. The highest BCUT2D eigenvalue weighted by molar-refractivity contribution is 7.89. The molecule has 0 heterocycles. The van der Waals surface area contributed by atoms with Crippen molar-refractivity contribution in [1.29, 1.82) is 0 Å². The Morgan fingerprint density at radius 1 is 1.29 bits per heavy atom. The number of nitro benzene ring substituents is 1. The third kappa shape index (κ3) is 7.68. The van der Waals surface area contributed by atoms with E-state index in [4.69, 9.17) is 5.73 Å². The van der Waals surface area contributed by atoms with E-state index in [1.807, 2.05) is 0 Å². The summed E-state index contributed by atoms with van der Waals surface area (Å²) in [5.41, 5.74) is 5.34. The zero-order valence-electron chi connectivity index (χ0n) is 13.1. The van der Waals surface area contributed by atoms with Crippen molar-refractivity contribution >= 4 is 34.0 Å². The smallest absolute Gasteiger partial charge is 0.269 e. The average molecular weight is 381 g/mol. The third-order valence-corrected chi connectivity index (χ3v) is 4.40. The molecule has 0 aliphatic heterocycles. The number of carbonyl (C=O) groups is 1. The van der Waals surface area contributed by atoms with Crippen LogP contribution in [0.15, 0.2) is 29.2 Å². The second-order valence-corrected chi connectivity index (χ2v) is 6.78. The Bertz CT molecular complexity index is 649. The highest BCUT2D eigenvalue weighted by Crippen LogP contribution is 2.15. The van der Waals surface area contributed by atoms with Crippen LogP contribution >= 0.6 is 12.4 Å². The molecule has 0 aliphatic rings. The van der Waals surface area contributed by atoms with Gasteiger partial charge in [-0.15, -0.1) is 12.4 Å². The van der Waals surface area contributed by atoms with Gasteiger partial charge in [0.1, 0.15) is 0 Å². The molecule has 0 aromatic heterocycles. The highest BCUT2D eigenvalue weighted by Gasteiger charge is 2.15. The number of benzene rings is 1. The van der Waals surface area contributed by atoms with Crippen molar-refractivity contribution in [1.82, 2.24) is 10.0 Å². The molecule has 0 spiro atoms. The lowest BCUT2D eigenvalue weighted by atomic mass is 10.2. The summed E-state index contributed by atoms with van der Waals surface area (Å²) in [4.78, 5) is 21.3. The van der Waals surface area contributed by atoms with E-state index in [1.54, 1.807) is 6.92 Å². The topological polar surface area (TPSA) is 144 Å². The number of hydrogen-bond acceptors (Lipinski definition) is 6. The zero-order valence-corrected chi connectivity index (χ0v) is 14.7. The van der Waals surface area contributed by atoms with Crippen LogP contribution in [0.3, 0.4) is 0 Å². The average Bonchev–Trinajstić information content (AvgIpc) is 2.49. The second kappa shape index (κ2) is 10.2. The fourth-order valence-corrected chi connectivity index (χ4v) is 2.70. The van der Waals surface area contributed by atoms with E-state index in [2.05, 4.69) is 10.0 Å². The molecule has 0 fully saturated rings. The van der Waals surface area contributed by atoms with Gasteiger partial charge in [-0.05, 0) is 25.5 Å². The van der Waals surface area contributed by atoms with Crippen molar-refractivity contribution in [2.45, 2.75) is 30.7 Å². The molecule has 11 heteroatoms. The summed E-state index contributed by atoms with van der Waals surface area (Å²) in [6.45, 7) is 1.96. The van der Waals surface area contributed by atoms with E-state index in [9.17, 15) is 23.3 Å². The monoisotopic (exact) mass is 380 g/mol. The van der Waals surface area contributed by atoms with Crippen molar-refractivity contribution in [3.05, 3.63) is 34.4 Å². The van der Waals surface area contributed by atoms with Crippen molar-refractivity contribution in [3.8, 4) is 0 Å². The van der Waals surface area contributed by atoms with Gasteiger partial charge < -0.3 is 11.1 Å². The predicted octanol–water partition coefficient (Wildman–Crippen LogP) is 0.539. The molecule has 0 saturated carbocycles. The van der Waals surface area contributed by atoms with Crippen LogP contribution in [0.25, 0.3) is 0 Å². The summed E-state index contributed by atoms with van der Waals surface area (Å²) in [5.74, 6) is -0.197. The Kier molecular flexibility index (Phi) is 9.44. The van der Waals surface area contributed by atoms with E-state index in [1.165, 1.54) is 0 Å². The van der Waals surface area contributed by atoms with E-state index in [0.717, 1.165) is 24.3 Å². The summed E-state index contributed by atoms with van der Waals surface area (Å²) in [7, 11) is -3.77.